The number of ether oxygens (including phenoxy) is 1. The minimum Gasteiger partial charge on any atom is -0.372 e. The van der Waals surface area contributed by atoms with Crippen molar-refractivity contribution in [2.24, 2.45) is 0 Å². The second kappa shape index (κ2) is 7.60. The summed E-state index contributed by atoms with van der Waals surface area (Å²) < 4.78 is 6.14. The highest BCUT2D eigenvalue weighted by Crippen LogP contribution is 2.25. The predicted octanol–water partition coefficient (Wildman–Crippen LogP) is 2.26. The largest absolute Gasteiger partial charge is 0.372 e. The maximum atomic E-state index is 6.14. The van der Waals surface area contributed by atoms with Gasteiger partial charge in [0.05, 0.1) is 18.4 Å². The van der Waals surface area contributed by atoms with E-state index in [-0.39, 0.29) is 0 Å². The molecule has 4 heterocycles. The van der Waals surface area contributed by atoms with Crippen molar-refractivity contribution in [2.45, 2.75) is 38.6 Å². The molecule has 5 nitrogen and oxygen atoms in total. The fraction of sp³-hybridized carbons (Fsp3) is 0.500. The molecule has 2 saturated heterocycles. The zero-order valence-corrected chi connectivity index (χ0v) is 14.8. The molecule has 2 aromatic rings. The maximum Gasteiger partial charge on any atom is 0.0736 e. The summed E-state index contributed by atoms with van der Waals surface area (Å²) in [5.41, 5.74) is 3.43. The Morgan fingerprint density at radius 3 is 2.96 bits per heavy atom. The van der Waals surface area contributed by atoms with E-state index >= 15 is 0 Å². The van der Waals surface area contributed by atoms with Gasteiger partial charge in [0, 0.05) is 56.9 Å². The van der Waals surface area contributed by atoms with Crippen molar-refractivity contribution in [1.29, 1.82) is 0 Å². The molecule has 0 N–H and O–H groups in total. The quantitative estimate of drug-likeness (QED) is 0.836. The SMILES string of the molecule is Cc1cccc(CN2CCN3C[C@H](OCc4cccnc4)C[C@H]3C2)n1. The van der Waals surface area contributed by atoms with Gasteiger partial charge in [0.1, 0.15) is 0 Å². The van der Waals surface area contributed by atoms with Crippen molar-refractivity contribution in [1.82, 2.24) is 19.8 Å². The Bertz CT molecular complexity index is 693. The topological polar surface area (TPSA) is 41.5 Å². The van der Waals surface area contributed by atoms with Crippen LogP contribution in [0.3, 0.4) is 0 Å². The number of rotatable bonds is 5. The molecule has 0 aliphatic carbocycles. The Balaban J connectivity index is 1.28. The van der Waals surface area contributed by atoms with Crippen molar-refractivity contribution in [3.8, 4) is 0 Å². The van der Waals surface area contributed by atoms with Crippen LogP contribution in [0.5, 0.6) is 0 Å². The highest BCUT2D eigenvalue weighted by Gasteiger charge is 2.36. The Kier molecular flexibility index (Phi) is 5.06. The predicted molar refractivity (Wildman–Crippen MR) is 97.0 cm³/mol. The molecule has 2 aliphatic heterocycles. The molecule has 2 aromatic heterocycles. The van der Waals surface area contributed by atoms with Crippen molar-refractivity contribution < 1.29 is 4.74 Å². The van der Waals surface area contributed by atoms with Crippen LogP contribution in [-0.4, -0.2) is 58.1 Å². The van der Waals surface area contributed by atoms with Crippen LogP contribution in [0.4, 0.5) is 0 Å². The van der Waals surface area contributed by atoms with Crippen LogP contribution in [-0.2, 0) is 17.9 Å². The number of aromatic nitrogens is 2. The van der Waals surface area contributed by atoms with Gasteiger partial charge in [-0.3, -0.25) is 19.8 Å². The second-order valence-electron chi connectivity index (χ2n) is 7.18. The summed E-state index contributed by atoms with van der Waals surface area (Å²) in [5.74, 6) is 0. The summed E-state index contributed by atoms with van der Waals surface area (Å²) in [6.45, 7) is 8.08. The summed E-state index contributed by atoms with van der Waals surface area (Å²) in [4.78, 5) is 13.9. The lowest BCUT2D eigenvalue weighted by Crippen LogP contribution is -2.49. The molecule has 0 bridgehead atoms. The molecule has 4 rings (SSSR count). The van der Waals surface area contributed by atoms with Crippen molar-refractivity contribution >= 4 is 0 Å². The van der Waals surface area contributed by atoms with E-state index in [4.69, 9.17) is 4.74 Å². The van der Waals surface area contributed by atoms with Gasteiger partial charge in [0.2, 0.25) is 0 Å². The third kappa shape index (κ3) is 4.24. The van der Waals surface area contributed by atoms with Gasteiger partial charge in [-0.2, -0.15) is 0 Å². The van der Waals surface area contributed by atoms with E-state index < -0.39 is 0 Å². The highest BCUT2D eigenvalue weighted by atomic mass is 16.5. The summed E-state index contributed by atoms with van der Waals surface area (Å²) in [5, 5.41) is 0. The molecule has 2 atom stereocenters. The molecule has 0 amide bonds. The molecule has 0 aromatic carbocycles. The van der Waals surface area contributed by atoms with Crippen molar-refractivity contribution in [3.63, 3.8) is 0 Å². The molecule has 0 spiro atoms. The van der Waals surface area contributed by atoms with E-state index in [9.17, 15) is 0 Å². The lowest BCUT2D eigenvalue weighted by molar-refractivity contribution is 0.0456. The number of hydrogen-bond donors (Lipinski definition) is 0. The van der Waals surface area contributed by atoms with Gasteiger partial charge in [-0.25, -0.2) is 0 Å². The normalized spacial score (nSPS) is 24.4. The zero-order valence-electron chi connectivity index (χ0n) is 14.8. The molecule has 5 heteroatoms. The van der Waals surface area contributed by atoms with Crippen molar-refractivity contribution in [3.05, 3.63) is 59.7 Å². The first kappa shape index (κ1) is 16.6. The monoisotopic (exact) mass is 338 g/mol. The standard InChI is InChI=1S/C20H26N4O/c1-16-4-2-6-18(22-16)12-23-8-9-24-14-20(10-19(24)13-23)25-15-17-5-3-7-21-11-17/h2-7,11,19-20H,8-10,12-15H2,1H3/t19-,20+/m0/s1. The minimum atomic E-state index is 0.335. The number of piperazine rings is 1. The first-order valence-electron chi connectivity index (χ1n) is 9.16. The van der Waals surface area contributed by atoms with E-state index in [1.807, 2.05) is 12.3 Å². The van der Waals surface area contributed by atoms with Gasteiger partial charge in [-0.05, 0) is 37.1 Å². The molecule has 25 heavy (non-hydrogen) atoms. The van der Waals surface area contributed by atoms with E-state index in [2.05, 4.69) is 51.0 Å². The Labute approximate surface area is 149 Å². The summed E-state index contributed by atoms with van der Waals surface area (Å²) in [7, 11) is 0. The molecule has 0 unspecified atom stereocenters. The minimum absolute atomic E-state index is 0.335. The van der Waals surface area contributed by atoms with Crippen LogP contribution in [0, 0.1) is 6.92 Å². The van der Waals surface area contributed by atoms with Crippen LogP contribution in [0.1, 0.15) is 23.4 Å². The van der Waals surface area contributed by atoms with Gasteiger partial charge >= 0.3 is 0 Å². The van der Waals surface area contributed by atoms with E-state index in [0.29, 0.717) is 18.8 Å². The van der Waals surface area contributed by atoms with Gasteiger partial charge in [0.25, 0.3) is 0 Å². The number of hydrogen-bond acceptors (Lipinski definition) is 5. The van der Waals surface area contributed by atoms with E-state index in [1.165, 1.54) is 5.69 Å². The van der Waals surface area contributed by atoms with Gasteiger partial charge < -0.3 is 4.74 Å². The van der Waals surface area contributed by atoms with Crippen LogP contribution in [0.25, 0.3) is 0 Å². The van der Waals surface area contributed by atoms with Crippen LogP contribution < -0.4 is 0 Å². The van der Waals surface area contributed by atoms with Gasteiger partial charge in [-0.15, -0.1) is 0 Å². The van der Waals surface area contributed by atoms with Gasteiger partial charge in [-0.1, -0.05) is 12.1 Å². The number of pyridine rings is 2. The van der Waals surface area contributed by atoms with Gasteiger partial charge in [0.15, 0.2) is 0 Å². The number of fused-ring (bicyclic) bond motifs is 1. The fourth-order valence-corrected chi connectivity index (χ4v) is 3.94. The Morgan fingerprint density at radius 1 is 1.16 bits per heavy atom. The molecular formula is C20H26N4O. The average Bonchev–Trinajstić information content (AvgIpc) is 3.03. The Morgan fingerprint density at radius 2 is 2.12 bits per heavy atom. The third-order valence-electron chi connectivity index (χ3n) is 5.20. The first-order chi connectivity index (χ1) is 12.3. The first-order valence-corrected chi connectivity index (χ1v) is 9.16. The van der Waals surface area contributed by atoms with E-state index in [0.717, 1.165) is 50.4 Å². The summed E-state index contributed by atoms with van der Waals surface area (Å²) >= 11 is 0. The molecule has 2 aliphatic rings. The average molecular weight is 338 g/mol. The third-order valence-corrected chi connectivity index (χ3v) is 5.20. The Hall–Kier alpha value is -1.82. The van der Waals surface area contributed by atoms with Crippen LogP contribution in [0.2, 0.25) is 0 Å². The smallest absolute Gasteiger partial charge is 0.0736 e. The number of nitrogens with zero attached hydrogens (tertiary/aromatic N) is 4. The molecule has 132 valence electrons. The second-order valence-corrected chi connectivity index (χ2v) is 7.18. The van der Waals surface area contributed by atoms with E-state index in [1.54, 1.807) is 6.20 Å². The molecule has 0 radical (unpaired) electrons. The molecule has 2 fully saturated rings. The maximum absolute atomic E-state index is 6.14. The highest BCUT2D eigenvalue weighted by molar-refractivity contribution is 5.10. The van der Waals surface area contributed by atoms with Crippen LogP contribution in [0.15, 0.2) is 42.7 Å². The zero-order chi connectivity index (χ0) is 17.1. The van der Waals surface area contributed by atoms with Crippen molar-refractivity contribution in [2.75, 3.05) is 26.2 Å². The van der Waals surface area contributed by atoms with Crippen LogP contribution >= 0.6 is 0 Å². The number of aryl methyl sites for hydroxylation is 1. The molecule has 0 saturated carbocycles. The summed E-state index contributed by atoms with van der Waals surface area (Å²) in [6, 6.07) is 10.9. The molecular weight excluding hydrogens is 312 g/mol. The summed E-state index contributed by atoms with van der Waals surface area (Å²) in [6.07, 6.45) is 5.15. The lowest BCUT2D eigenvalue weighted by Gasteiger charge is -2.37. The fourth-order valence-electron chi connectivity index (χ4n) is 3.94. The lowest BCUT2D eigenvalue weighted by atomic mass is 10.1.